The number of carboxylic acid groups (broad SMARTS) is 1. The van der Waals surface area contributed by atoms with Crippen molar-refractivity contribution >= 4 is 25.7 Å². The van der Waals surface area contributed by atoms with Gasteiger partial charge in [0, 0.05) is 12.8 Å². The molecular weight excluding hydrogens is 713 g/mol. The third-order valence-electron chi connectivity index (χ3n) is 9.17. The van der Waals surface area contributed by atoms with Gasteiger partial charge in [-0.25, -0.2) is 4.57 Å². The lowest BCUT2D eigenvalue weighted by Gasteiger charge is -2.20. The molecule has 0 heterocycles. The molecule has 4 N–H and O–H groups in total. The fourth-order valence-corrected chi connectivity index (χ4v) is 6.54. The number of phosphoric ester groups is 1. The average molecular weight is 792 g/mol. The molecule has 0 saturated heterocycles. The molecule has 0 aromatic heterocycles. The van der Waals surface area contributed by atoms with Gasteiger partial charge in [0.05, 0.1) is 13.2 Å². The number of unbranched alkanes of at least 4 members (excludes halogenated alkanes) is 22. The standard InChI is InChI=1S/C42H78NO10P/c1-3-5-7-9-11-13-15-17-19-21-23-25-27-29-31-33-40(44)50-35-38(36-51-54(48,49)52-37-39(43)42(46)47)53-41(45)34-32-30-28-26-24-22-20-18-16-14-12-10-8-6-4-2/h17-20,38-39H,3-16,21-37,43H2,1-2H3,(H,46,47)(H,48,49)/b19-17-,20-18-/t38-,39+/m1/s1/i40+2,41+2. The molecule has 0 aromatic rings. The van der Waals surface area contributed by atoms with Crippen LogP contribution in [-0.2, 0) is 37.5 Å². The molecule has 0 rings (SSSR count). The van der Waals surface area contributed by atoms with Crippen molar-refractivity contribution in [1.29, 1.82) is 0 Å². The molecule has 0 bridgehead atoms. The van der Waals surface area contributed by atoms with Gasteiger partial charge in [0.15, 0.2) is 6.10 Å². The van der Waals surface area contributed by atoms with E-state index in [4.69, 9.17) is 24.8 Å². The van der Waals surface area contributed by atoms with Crippen LogP contribution in [0, 0.1) is 0 Å². The summed E-state index contributed by atoms with van der Waals surface area (Å²) in [7, 11) is -4.71. The molecule has 11 nitrogen and oxygen atoms in total. The van der Waals surface area contributed by atoms with Crippen LogP contribution in [-0.4, -0.2) is 59.9 Å². The maximum Gasteiger partial charge on any atom is 0.472 e. The number of carbonyl (C=O) groups excluding carboxylic acids is 2. The van der Waals surface area contributed by atoms with Crippen LogP contribution >= 0.6 is 7.82 Å². The molecule has 0 aliphatic heterocycles. The molecule has 0 saturated carbocycles. The number of carboxylic acids is 1. The zero-order valence-electron chi connectivity index (χ0n) is 34.1. The number of hydrogen-bond donors (Lipinski definition) is 3. The van der Waals surface area contributed by atoms with Gasteiger partial charge in [-0.1, -0.05) is 141 Å². The number of aliphatic carboxylic acids is 1. The van der Waals surface area contributed by atoms with Crippen LogP contribution in [0.5, 0.6) is 0 Å². The molecule has 0 fully saturated rings. The number of hydrogen-bond acceptors (Lipinski definition) is 9. The third kappa shape index (κ3) is 36.9. The summed E-state index contributed by atoms with van der Waals surface area (Å²) in [5.41, 5.74) is 5.33. The Bertz CT molecular complexity index is 1020. The Morgan fingerprint density at radius 1 is 0.593 bits per heavy atom. The van der Waals surface area contributed by atoms with Crippen molar-refractivity contribution in [3.05, 3.63) is 24.3 Å². The van der Waals surface area contributed by atoms with Crippen molar-refractivity contribution in [3.63, 3.8) is 0 Å². The Hall–Kier alpha value is -2.04. The van der Waals surface area contributed by atoms with Crippen LogP contribution in [0.25, 0.3) is 0 Å². The number of nitrogens with two attached hydrogens (primary N) is 1. The van der Waals surface area contributed by atoms with Gasteiger partial charge in [-0.2, -0.15) is 0 Å². The van der Waals surface area contributed by atoms with E-state index in [1.807, 2.05) is 0 Å². The molecule has 0 spiro atoms. The SMILES string of the molecule is CCCCCCCC/C=C\CCCCCCC[14C](=O)OC[C@H](COP(=O)(O)OC[C@H](N)C(=O)O)O[14C](=O)CCCCCCC/C=C\CCCCCCCC. The molecule has 0 aliphatic carbocycles. The fraction of sp³-hybridized carbons (Fsp3) is 0.833. The zero-order valence-corrected chi connectivity index (χ0v) is 35.0. The number of ether oxygens (including phenoxy) is 2. The van der Waals surface area contributed by atoms with Crippen molar-refractivity contribution in [3.8, 4) is 0 Å². The Balaban J connectivity index is 4.40. The van der Waals surface area contributed by atoms with Gasteiger partial charge >= 0.3 is 25.7 Å². The van der Waals surface area contributed by atoms with Gasteiger partial charge in [0.1, 0.15) is 12.6 Å². The summed E-state index contributed by atoms with van der Waals surface area (Å²) < 4.78 is 32.6. The third-order valence-corrected chi connectivity index (χ3v) is 10.1. The lowest BCUT2D eigenvalue weighted by molar-refractivity contribution is -0.161. The molecule has 0 aliphatic rings. The number of phosphoric acid groups is 1. The van der Waals surface area contributed by atoms with Crippen molar-refractivity contribution < 1.29 is 47.5 Å². The van der Waals surface area contributed by atoms with Crippen LogP contribution in [0.2, 0.25) is 0 Å². The van der Waals surface area contributed by atoms with E-state index >= 15 is 0 Å². The first-order valence-electron chi connectivity index (χ1n) is 21.4. The van der Waals surface area contributed by atoms with E-state index < -0.39 is 51.1 Å². The van der Waals surface area contributed by atoms with Gasteiger partial charge in [-0.15, -0.1) is 0 Å². The first kappa shape index (κ1) is 52.0. The Morgan fingerprint density at radius 2 is 0.963 bits per heavy atom. The van der Waals surface area contributed by atoms with Crippen LogP contribution in [0.4, 0.5) is 0 Å². The summed E-state index contributed by atoms with van der Waals surface area (Å²) in [5.74, 6) is -2.39. The quantitative estimate of drug-likeness (QED) is 0.0233. The van der Waals surface area contributed by atoms with Crippen molar-refractivity contribution in [2.24, 2.45) is 5.73 Å². The first-order valence-corrected chi connectivity index (χ1v) is 22.9. The Labute approximate surface area is 328 Å². The van der Waals surface area contributed by atoms with Crippen LogP contribution in [0.3, 0.4) is 0 Å². The molecule has 0 radical (unpaired) electrons. The number of allylic oxidation sites excluding steroid dienone is 4. The minimum atomic E-state index is -4.71. The number of carbonyl (C=O) groups is 3. The highest BCUT2D eigenvalue weighted by Gasteiger charge is 2.28. The highest BCUT2D eigenvalue weighted by atomic mass is 31.2. The topological polar surface area (TPSA) is 172 Å². The highest BCUT2D eigenvalue weighted by Crippen LogP contribution is 2.43. The molecule has 12 heteroatoms. The van der Waals surface area contributed by atoms with E-state index in [2.05, 4.69) is 42.7 Å². The maximum atomic E-state index is 12.6. The van der Waals surface area contributed by atoms with E-state index in [0.717, 1.165) is 77.0 Å². The summed E-state index contributed by atoms with van der Waals surface area (Å²) in [6, 6.07) is -1.52. The highest BCUT2D eigenvalue weighted by molar-refractivity contribution is 7.47. The molecule has 1 unspecified atom stereocenters. The van der Waals surface area contributed by atoms with E-state index in [0.29, 0.717) is 12.8 Å². The summed E-state index contributed by atoms with van der Waals surface area (Å²) in [5, 5.41) is 8.88. The molecule has 0 aromatic carbocycles. The van der Waals surface area contributed by atoms with E-state index in [1.54, 1.807) is 0 Å². The van der Waals surface area contributed by atoms with Crippen LogP contribution < -0.4 is 5.73 Å². The van der Waals surface area contributed by atoms with Gasteiger partial charge in [-0.05, 0) is 64.2 Å². The number of rotatable bonds is 40. The molecule has 0 amide bonds. The lowest BCUT2D eigenvalue weighted by Crippen LogP contribution is -2.34. The normalized spacial score (nSPS) is 14.0. The molecular formula is C42H78NO10P. The maximum absolute atomic E-state index is 12.6. The van der Waals surface area contributed by atoms with Gasteiger partial charge < -0.3 is 25.2 Å². The minimum Gasteiger partial charge on any atom is -0.480 e. The van der Waals surface area contributed by atoms with E-state index in [-0.39, 0.29) is 19.4 Å². The van der Waals surface area contributed by atoms with Gasteiger partial charge in [0.25, 0.3) is 0 Å². The average Bonchev–Trinajstić information content (AvgIpc) is 3.14. The second-order valence-electron chi connectivity index (χ2n) is 14.5. The van der Waals surface area contributed by atoms with Crippen LogP contribution in [0.15, 0.2) is 24.3 Å². The smallest absolute Gasteiger partial charge is 0.472 e. The fourth-order valence-electron chi connectivity index (χ4n) is 5.76. The summed E-state index contributed by atoms with van der Waals surface area (Å²) >= 11 is 0. The monoisotopic (exact) mass is 792 g/mol. The Morgan fingerprint density at radius 3 is 1.39 bits per heavy atom. The van der Waals surface area contributed by atoms with E-state index in [1.165, 1.54) is 77.0 Å². The first-order chi connectivity index (χ1) is 26.1. The summed E-state index contributed by atoms with van der Waals surface area (Å²) in [4.78, 5) is 45.9. The van der Waals surface area contributed by atoms with E-state index in [9.17, 15) is 23.8 Å². The minimum absolute atomic E-state index is 0.151. The largest absolute Gasteiger partial charge is 0.480 e. The second kappa shape index (κ2) is 37.9. The van der Waals surface area contributed by atoms with Crippen molar-refractivity contribution in [2.75, 3.05) is 19.8 Å². The molecule has 3 atom stereocenters. The van der Waals surface area contributed by atoms with Crippen molar-refractivity contribution in [2.45, 2.75) is 206 Å². The van der Waals surface area contributed by atoms with Gasteiger partial charge in [-0.3, -0.25) is 23.4 Å². The summed E-state index contributed by atoms with van der Waals surface area (Å²) in [6.45, 7) is 2.78. The van der Waals surface area contributed by atoms with Crippen LogP contribution in [0.1, 0.15) is 194 Å². The predicted octanol–water partition coefficient (Wildman–Crippen LogP) is 11.1. The predicted molar refractivity (Wildman–Crippen MR) is 217 cm³/mol. The number of esters is 2. The second-order valence-corrected chi connectivity index (χ2v) is 15.9. The molecule has 316 valence electrons. The lowest BCUT2D eigenvalue weighted by atomic mass is 10.1. The Kier molecular flexibility index (Phi) is 36.4. The zero-order chi connectivity index (χ0) is 40.0. The summed E-state index contributed by atoms with van der Waals surface area (Å²) in [6.07, 6.45) is 38.1. The molecule has 54 heavy (non-hydrogen) atoms. The van der Waals surface area contributed by atoms with Gasteiger partial charge in [0.2, 0.25) is 0 Å². The van der Waals surface area contributed by atoms with Crippen molar-refractivity contribution in [1.82, 2.24) is 0 Å².